The fourth-order valence-corrected chi connectivity index (χ4v) is 3.40. The average molecular weight is 254 g/mol. The summed E-state index contributed by atoms with van der Waals surface area (Å²) >= 11 is 1.80. The molecule has 1 aromatic heterocycles. The third kappa shape index (κ3) is 3.06. The Morgan fingerprint density at radius 3 is 2.82 bits per heavy atom. The van der Waals surface area contributed by atoms with Crippen LogP contribution in [-0.2, 0) is 10.2 Å². The van der Waals surface area contributed by atoms with Crippen LogP contribution in [0.2, 0.25) is 0 Å². The molecule has 1 saturated heterocycles. The molecule has 2 N–H and O–H groups in total. The van der Waals surface area contributed by atoms with Gasteiger partial charge in [-0.15, -0.1) is 11.3 Å². The Morgan fingerprint density at radius 2 is 2.18 bits per heavy atom. The number of nitrogens with two attached hydrogens (primary N) is 1. The molecule has 96 valence electrons. The van der Waals surface area contributed by atoms with Crippen molar-refractivity contribution in [3.8, 4) is 0 Å². The topological polar surface area (TPSA) is 48.1 Å². The molecule has 0 spiro atoms. The minimum absolute atomic E-state index is 0.106. The second kappa shape index (κ2) is 5.46. The number of hydrogen-bond donors (Lipinski definition) is 1. The third-order valence-corrected chi connectivity index (χ3v) is 4.56. The molecular formula is C13H22N2OS. The monoisotopic (exact) mass is 254 g/mol. The number of aromatic nitrogens is 1. The van der Waals surface area contributed by atoms with Crippen LogP contribution in [0.15, 0.2) is 5.38 Å². The molecule has 0 saturated carbocycles. The van der Waals surface area contributed by atoms with Crippen molar-refractivity contribution >= 4 is 11.3 Å². The van der Waals surface area contributed by atoms with Gasteiger partial charge >= 0.3 is 0 Å². The maximum atomic E-state index is 5.66. The van der Waals surface area contributed by atoms with Gasteiger partial charge < -0.3 is 10.5 Å². The first-order valence-corrected chi connectivity index (χ1v) is 7.25. The molecule has 1 aliphatic heterocycles. The summed E-state index contributed by atoms with van der Waals surface area (Å²) < 4.78 is 5.39. The van der Waals surface area contributed by atoms with Crippen molar-refractivity contribution in [2.45, 2.75) is 44.4 Å². The Bertz CT molecular complexity index is 356. The van der Waals surface area contributed by atoms with Crippen LogP contribution in [0.25, 0.3) is 0 Å². The summed E-state index contributed by atoms with van der Waals surface area (Å²) in [4.78, 5) is 4.83. The van der Waals surface area contributed by atoms with E-state index in [9.17, 15) is 0 Å². The van der Waals surface area contributed by atoms with E-state index in [0.29, 0.717) is 5.92 Å². The fraction of sp³-hybridized carbons (Fsp3) is 0.769. The van der Waals surface area contributed by atoms with E-state index < -0.39 is 0 Å². The van der Waals surface area contributed by atoms with Crippen molar-refractivity contribution in [3.05, 3.63) is 16.1 Å². The van der Waals surface area contributed by atoms with E-state index in [0.717, 1.165) is 39.0 Å². The predicted octanol–water partition coefficient (Wildman–Crippen LogP) is 2.66. The molecule has 0 atom stereocenters. The molecule has 0 aromatic carbocycles. The van der Waals surface area contributed by atoms with Gasteiger partial charge in [0.1, 0.15) is 0 Å². The van der Waals surface area contributed by atoms with Crippen LogP contribution >= 0.6 is 11.3 Å². The van der Waals surface area contributed by atoms with Crippen LogP contribution in [0.3, 0.4) is 0 Å². The lowest BCUT2D eigenvalue weighted by atomic mass is 9.86. The minimum Gasteiger partial charge on any atom is -0.381 e. The number of nitrogens with zero attached hydrogens (tertiary/aromatic N) is 1. The summed E-state index contributed by atoms with van der Waals surface area (Å²) in [5, 5.41) is 3.49. The molecule has 2 heterocycles. The number of thiazole rings is 1. The Kier molecular flexibility index (Phi) is 4.17. The van der Waals surface area contributed by atoms with Crippen molar-refractivity contribution in [2.75, 3.05) is 19.8 Å². The van der Waals surface area contributed by atoms with Crippen LogP contribution in [0, 0.1) is 0 Å². The summed E-state index contributed by atoms with van der Waals surface area (Å²) in [5.41, 5.74) is 6.97. The van der Waals surface area contributed by atoms with Gasteiger partial charge in [0.15, 0.2) is 0 Å². The molecule has 2 rings (SSSR count). The molecular weight excluding hydrogens is 232 g/mol. The van der Waals surface area contributed by atoms with E-state index in [1.807, 2.05) is 0 Å². The standard InChI is InChI=1S/C13H22N2OS/c1-13(2,5-6-14)11-9-17-12(15-11)10-3-7-16-8-4-10/h9-10H,3-8,14H2,1-2H3. The van der Waals surface area contributed by atoms with Crippen LogP contribution in [0.5, 0.6) is 0 Å². The lowest BCUT2D eigenvalue weighted by molar-refractivity contribution is 0.0852. The van der Waals surface area contributed by atoms with Crippen molar-refractivity contribution in [1.29, 1.82) is 0 Å². The van der Waals surface area contributed by atoms with Crippen molar-refractivity contribution in [2.24, 2.45) is 5.73 Å². The fourth-order valence-electron chi connectivity index (χ4n) is 2.22. The SMILES string of the molecule is CC(C)(CCN)c1csc(C2CCOCC2)n1. The first kappa shape index (κ1) is 13.0. The molecule has 0 unspecified atom stereocenters. The lowest BCUT2D eigenvalue weighted by Gasteiger charge is -2.22. The second-order valence-corrected chi connectivity index (χ2v) is 6.27. The van der Waals surface area contributed by atoms with E-state index >= 15 is 0 Å². The summed E-state index contributed by atoms with van der Waals surface area (Å²) in [7, 11) is 0. The normalized spacial score (nSPS) is 18.5. The largest absolute Gasteiger partial charge is 0.381 e. The maximum absolute atomic E-state index is 5.66. The number of rotatable bonds is 4. The Balaban J connectivity index is 2.09. The molecule has 0 bridgehead atoms. The Labute approximate surface area is 107 Å². The third-order valence-electron chi connectivity index (χ3n) is 3.56. The maximum Gasteiger partial charge on any atom is 0.0961 e. The second-order valence-electron chi connectivity index (χ2n) is 5.38. The lowest BCUT2D eigenvalue weighted by Crippen LogP contribution is -2.22. The average Bonchev–Trinajstić information content (AvgIpc) is 2.80. The Morgan fingerprint density at radius 1 is 1.47 bits per heavy atom. The van der Waals surface area contributed by atoms with E-state index in [4.69, 9.17) is 15.5 Å². The van der Waals surface area contributed by atoms with Gasteiger partial charge in [-0.25, -0.2) is 4.98 Å². The zero-order valence-corrected chi connectivity index (χ0v) is 11.6. The molecule has 4 heteroatoms. The summed E-state index contributed by atoms with van der Waals surface area (Å²) in [6, 6.07) is 0. The van der Waals surface area contributed by atoms with Crippen molar-refractivity contribution < 1.29 is 4.74 Å². The zero-order chi connectivity index (χ0) is 12.3. The quantitative estimate of drug-likeness (QED) is 0.898. The van der Waals surface area contributed by atoms with Crippen LogP contribution < -0.4 is 5.73 Å². The minimum atomic E-state index is 0.106. The number of ether oxygens (including phenoxy) is 1. The zero-order valence-electron chi connectivity index (χ0n) is 10.7. The van der Waals surface area contributed by atoms with Gasteiger partial charge in [-0.2, -0.15) is 0 Å². The highest BCUT2D eigenvalue weighted by Gasteiger charge is 2.25. The van der Waals surface area contributed by atoms with E-state index in [2.05, 4.69) is 19.2 Å². The highest BCUT2D eigenvalue weighted by molar-refractivity contribution is 7.09. The van der Waals surface area contributed by atoms with Gasteiger partial charge in [-0.3, -0.25) is 0 Å². The highest BCUT2D eigenvalue weighted by atomic mass is 32.1. The first-order valence-electron chi connectivity index (χ1n) is 6.37. The van der Waals surface area contributed by atoms with Gasteiger partial charge in [0.05, 0.1) is 10.7 Å². The Hall–Kier alpha value is -0.450. The van der Waals surface area contributed by atoms with Crippen molar-refractivity contribution in [3.63, 3.8) is 0 Å². The van der Waals surface area contributed by atoms with Crippen LogP contribution in [0.4, 0.5) is 0 Å². The first-order chi connectivity index (χ1) is 8.13. The van der Waals surface area contributed by atoms with E-state index in [1.165, 1.54) is 10.7 Å². The van der Waals surface area contributed by atoms with Gasteiger partial charge in [0, 0.05) is 29.9 Å². The molecule has 0 radical (unpaired) electrons. The molecule has 1 fully saturated rings. The van der Waals surface area contributed by atoms with E-state index in [-0.39, 0.29) is 5.41 Å². The smallest absolute Gasteiger partial charge is 0.0961 e. The molecule has 0 amide bonds. The molecule has 1 aromatic rings. The highest BCUT2D eigenvalue weighted by Crippen LogP contribution is 2.33. The summed E-state index contributed by atoms with van der Waals surface area (Å²) in [5.74, 6) is 0.608. The van der Waals surface area contributed by atoms with Gasteiger partial charge in [-0.05, 0) is 25.8 Å². The molecule has 3 nitrogen and oxygen atoms in total. The van der Waals surface area contributed by atoms with Crippen LogP contribution in [0.1, 0.15) is 49.7 Å². The molecule has 0 aliphatic carbocycles. The molecule has 1 aliphatic rings. The molecule has 17 heavy (non-hydrogen) atoms. The summed E-state index contributed by atoms with van der Waals surface area (Å²) in [6.07, 6.45) is 3.22. The van der Waals surface area contributed by atoms with E-state index in [1.54, 1.807) is 11.3 Å². The van der Waals surface area contributed by atoms with Gasteiger partial charge in [-0.1, -0.05) is 13.8 Å². The van der Waals surface area contributed by atoms with Crippen LogP contribution in [-0.4, -0.2) is 24.7 Å². The summed E-state index contributed by atoms with van der Waals surface area (Å²) in [6.45, 7) is 6.93. The van der Waals surface area contributed by atoms with Gasteiger partial charge in [0.2, 0.25) is 0 Å². The number of hydrogen-bond acceptors (Lipinski definition) is 4. The predicted molar refractivity (Wildman–Crippen MR) is 71.6 cm³/mol. The van der Waals surface area contributed by atoms with Crippen molar-refractivity contribution in [1.82, 2.24) is 4.98 Å². The van der Waals surface area contributed by atoms with Gasteiger partial charge in [0.25, 0.3) is 0 Å².